The number of rotatable bonds is 3. The van der Waals surface area contributed by atoms with Crippen LogP contribution in [0, 0.1) is 19.7 Å². The van der Waals surface area contributed by atoms with Crippen molar-refractivity contribution >= 4 is 11.0 Å². The minimum absolute atomic E-state index is 0.339. The molecule has 3 aromatic rings. The first-order chi connectivity index (χ1) is 10.0. The van der Waals surface area contributed by atoms with Crippen molar-refractivity contribution in [1.82, 2.24) is 9.55 Å². The van der Waals surface area contributed by atoms with E-state index in [1.807, 2.05) is 10.6 Å². The summed E-state index contributed by atoms with van der Waals surface area (Å²) in [5, 5.41) is 10.3. The molecule has 2 aromatic carbocycles. The highest BCUT2D eigenvalue weighted by Gasteiger charge is 2.12. The van der Waals surface area contributed by atoms with Gasteiger partial charge in [0.15, 0.2) is 0 Å². The van der Waals surface area contributed by atoms with Crippen molar-refractivity contribution in [2.45, 2.75) is 26.5 Å². The molecule has 4 heteroatoms. The molecular formula is C17H17FN2O. The molecule has 3 rings (SSSR count). The van der Waals surface area contributed by atoms with Crippen molar-refractivity contribution in [2.24, 2.45) is 0 Å². The fraction of sp³-hybridized carbons (Fsp3) is 0.235. The number of aliphatic hydroxyl groups is 1. The molecule has 0 saturated heterocycles. The lowest BCUT2D eigenvalue weighted by molar-refractivity contribution is 0.157. The molecule has 3 nitrogen and oxygen atoms in total. The molecule has 1 aromatic heterocycles. The summed E-state index contributed by atoms with van der Waals surface area (Å²) in [4.78, 5) is 4.36. The fourth-order valence-corrected chi connectivity index (χ4v) is 2.46. The van der Waals surface area contributed by atoms with Gasteiger partial charge in [0, 0.05) is 0 Å². The summed E-state index contributed by atoms with van der Waals surface area (Å²) < 4.78 is 15.1. The van der Waals surface area contributed by atoms with Gasteiger partial charge in [-0.25, -0.2) is 9.37 Å². The van der Waals surface area contributed by atoms with Crippen molar-refractivity contribution in [3.05, 3.63) is 65.2 Å². The van der Waals surface area contributed by atoms with Crippen LogP contribution in [-0.2, 0) is 6.54 Å². The minimum Gasteiger partial charge on any atom is -0.387 e. The second-order valence-corrected chi connectivity index (χ2v) is 5.39. The number of hydrogen-bond donors (Lipinski definition) is 1. The molecule has 0 aliphatic heterocycles. The van der Waals surface area contributed by atoms with Crippen molar-refractivity contribution in [3.8, 4) is 0 Å². The molecule has 108 valence electrons. The van der Waals surface area contributed by atoms with Crippen LogP contribution in [0.4, 0.5) is 4.39 Å². The Morgan fingerprint density at radius 2 is 1.95 bits per heavy atom. The number of benzene rings is 2. The van der Waals surface area contributed by atoms with Crippen molar-refractivity contribution in [1.29, 1.82) is 0 Å². The first kappa shape index (κ1) is 13.8. The zero-order valence-electron chi connectivity index (χ0n) is 12.0. The van der Waals surface area contributed by atoms with Gasteiger partial charge >= 0.3 is 0 Å². The van der Waals surface area contributed by atoms with E-state index in [0.717, 1.165) is 11.0 Å². The van der Waals surface area contributed by atoms with Gasteiger partial charge in [0.2, 0.25) is 0 Å². The average molecular weight is 284 g/mol. The summed E-state index contributed by atoms with van der Waals surface area (Å²) in [6.07, 6.45) is 0.950. The fourth-order valence-electron chi connectivity index (χ4n) is 2.46. The molecular weight excluding hydrogens is 267 g/mol. The minimum atomic E-state index is -0.764. The van der Waals surface area contributed by atoms with E-state index in [9.17, 15) is 9.50 Å². The largest absolute Gasteiger partial charge is 0.387 e. The lowest BCUT2D eigenvalue weighted by atomic mass is 10.1. The third kappa shape index (κ3) is 2.67. The molecule has 1 unspecified atom stereocenters. The molecule has 0 spiro atoms. The van der Waals surface area contributed by atoms with Gasteiger partial charge in [-0.15, -0.1) is 0 Å². The quantitative estimate of drug-likeness (QED) is 0.799. The summed E-state index contributed by atoms with van der Waals surface area (Å²) >= 11 is 0. The molecule has 1 atom stereocenters. The Hall–Kier alpha value is -2.20. The maximum atomic E-state index is 13.2. The van der Waals surface area contributed by atoms with Crippen molar-refractivity contribution < 1.29 is 9.50 Å². The number of aliphatic hydroxyl groups excluding tert-OH is 1. The normalized spacial score (nSPS) is 12.8. The lowest BCUT2D eigenvalue weighted by Gasteiger charge is -2.13. The van der Waals surface area contributed by atoms with E-state index in [2.05, 4.69) is 24.9 Å². The van der Waals surface area contributed by atoms with Crippen LogP contribution in [0.25, 0.3) is 11.0 Å². The van der Waals surface area contributed by atoms with Crippen molar-refractivity contribution in [3.63, 3.8) is 0 Å². The number of aromatic nitrogens is 2. The number of halogens is 1. The number of hydrogen-bond acceptors (Lipinski definition) is 2. The third-order valence-corrected chi connectivity index (χ3v) is 3.84. The van der Waals surface area contributed by atoms with Gasteiger partial charge in [-0.2, -0.15) is 0 Å². The molecule has 0 saturated carbocycles. The number of aryl methyl sites for hydroxylation is 2. The van der Waals surface area contributed by atoms with E-state index in [-0.39, 0.29) is 5.82 Å². The number of nitrogens with zero attached hydrogens (tertiary/aromatic N) is 2. The highest BCUT2D eigenvalue weighted by atomic mass is 19.1. The molecule has 1 N–H and O–H groups in total. The average Bonchev–Trinajstić information content (AvgIpc) is 2.82. The topological polar surface area (TPSA) is 38.0 Å². The van der Waals surface area contributed by atoms with Crippen LogP contribution < -0.4 is 0 Å². The molecule has 0 amide bonds. The Morgan fingerprint density at radius 1 is 1.19 bits per heavy atom. The summed E-state index contributed by atoms with van der Waals surface area (Å²) in [6.45, 7) is 4.45. The molecule has 0 aliphatic carbocycles. The SMILES string of the molecule is Cc1cc2ncn(CC(O)c3cccc(F)c3)c2cc1C. The highest BCUT2D eigenvalue weighted by molar-refractivity contribution is 5.77. The maximum Gasteiger partial charge on any atom is 0.123 e. The molecule has 0 aliphatic rings. The number of imidazole rings is 1. The van der Waals surface area contributed by atoms with E-state index in [1.165, 1.54) is 23.3 Å². The number of fused-ring (bicyclic) bond motifs is 1. The smallest absolute Gasteiger partial charge is 0.123 e. The Bertz CT molecular complexity index is 795. The lowest BCUT2D eigenvalue weighted by Crippen LogP contribution is -2.08. The van der Waals surface area contributed by atoms with Gasteiger partial charge in [0.05, 0.1) is 30.0 Å². The summed E-state index contributed by atoms with van der Waals surface area (Å²) in [7, 11) is 0. The highest BCUT2D eigenvalue weighted by Crippen LogP contribution is 2.22. The molecule has 0 bridgehead atoms. The predicted octanol–water partition coefficient (Wildman–Crippen LogP) is 3.53. The van der Waals surface area contributed by atoms with Crippen LogP contribution in [0.5, 0.6) is 0 Å². The van der Waals surface area contributed by atoms with Crippen LogP contribution in [0.15, 0.2) is 42.7 Å². The van der Waals surface area contributed by atoms with Crippen LogP contribution in [0.2, 0.25) is 0 Å². The van der Waals surface area contributed by atoms with Crippen LogP contribution in [0.1, 0.15) is 22.8 Å². The Balaban J connectivity index is 1.93. The second-order valence-electron chi connectivity index (χ2n) is 5.39. The monoisotopic (exact) mass is 284 g/mol. The van der Waals surface area contributed by atoms with Gasteiger partial charge < -0.3 is 9.67 Å². The summed E-state index contributed by atoms with van der Waals surface area (Å²) in [5.74, 6) is -0.339. The molecule has 1 heterocycles. The standard InChI is InChI=1S/C17H17FN2O/c1-11-6-15-16(7-12(11)2)20(10-19-15)9-17(21)13-4-3-5-14(18)8-13/h3-8,10,17,21H,9H2,1-2H3. The molecule has 21 heavy (non-hydrogen) atoms. The Labute approximate surface area is 122 Å². The van der Waals surface area contributed by atoms with E-state index in [4.69, 9.17) is 0 Å². The van der Waals surface area contributed by atoms with Gasteiger partial charge in [-0.05, 0) is 54.8 Å². The van der Waals surface area contributed by atoms with Crippen LogP contribution >= 0.6 is 0 Å². The zero-order chi connectivity index (χ0) is 15.0. The first-order valence-corrected chi connectivity index (χ1v) is 6.90. The Kier molecular flexibility index (Phi) is 3.47. The predicted molar refractivity (Wildman–Crippen MR) is 80.6 cm³/mol. The van der Waals surface area contributed by atoms with Crippen molar-refractivity contribution in [2.75, 3.05) is 0 Å². The Morgan fingerprint density at radius 3 is 2.71 bits per heavy atom. The van der Waals surface area contributed by atoms with Gasteiger partial charge in [-0.3, -0.25) is 0 Å². The summed E-state index contributed by atoms with van der Waals surface area (Å²) in [5.41, 5.74) is 4.83. The van der Waals surface area contributed by atoms with Crippen LogP contribution in [0.3, 0.4) is 0 Å². The van der Waals surface area contributed by atoms with Gasteiger partial charge in [0.25, 0.3) is 0 Å². The first-order valence-electron chi connectivity index (χ1n) is 6.90. The zero-order valence-corrected chi connectivity index (χ0v) is 12.0. The van der Waals surface area contributed by atoms with Crippen LogP contribution in [-0.4, -0.2) is 14.7 Å². The third-order valence-electron chi connectivity index (χ3n) is 3.84. The maximum absolute atomic E-state index is 13.2. The molecule has 0 fully saturated rings. The molecule has 0 radical (unpaired) electrons. The van der Waals surface area contributed by atoms with Gasteiger partial charge in [0.1, 0.15) is 5.82 Å². The van der Waals surface area contributed by atoms with E-state index >= 15 is 0 Å². The summed E-state index contributed by atoms with van der Waals surface area (Å²) in [6, 6.07) is 10.2. The second kappa shape index (κ2) is 5.30. The van der Waals surface area contributed by atoms with Gasteiger partial charge in [-0.1, -0.05) is 12.1 Å². The van der Waals surface area contributed by atoms with E-state index in [1.54, 1.807) is 18.5 Å². The van der Waals surface area contributed by atoms with E-state index < -0.39 is 6.10 Å². The van der Waals surface area contributed by atoms with E-state index in [0.29, 0.717) is 12.1 Å².